The summed E-state index contributed by atoms with van der Waals surface area (Å²) in [6, 6.07) is 14.1. The number of urea groups is 1. The number of ether oxygens (including phenoxy) is 1. The number of carbonyl (C=O) groups is 2. The second-order valence-electron chi connectivity index (χ2n) is 10.5. The van der Waals surface area contributed by atoms with Gasteiger partial charge in [-0.15, -0.1) is 5.10 Å². The molecular formula is C29H34N10O3. The molecule has 2 aliphatic rings. The van der Waals surface area contributed by atoms with E-state index in [1.807, 2.05) is 17.0 Å². The second kappa shape index (κ2) is 12.1. The molecule has 13 nitrogen and oxygen atoms in total. The lowest BCUT2D eigenvalue weighted by Gasteiger charge is -2.36. The molecule has 0 aliphatic carbocycles. The van der Waals surface area contributed by atoms with Crippen molar-refractivity contribution in [3.63, 3.8) is 0 Å². The number of H-pyrrole nitrogens is 1. The van der Waals surface area contributed by atoms with E-state index in [0.717, 1.165) is 30.9 Å². The Morgan fingerprint density at radius 1 is 0.952 bits per heavy atom. The summed E-state index contributed by atoms with van der Waals surface area (Å²) in [5.41, 5.74) is 3.80. The lowest BCUT2D eigenvalue weighted by molar-refractivity contribution is 0.0664. The molecule has 0 spiro atoms. The highest BCUT2D eigenvalue weighted by atomic mass is 16.5. The van der Waals surface area contributed by atoms with Crippen molar-refractivity contribution >= 4 is 40.3 Å². The number of benzene rings is 2. The molecule has 4 aromatic rings. The molecule has 6 rings (SSSR count). The molecule has 1 unspecified atom stereocenters. The summed E-state index contributed by atoms with van der Waals surface area (Å²) in [4.78, 5) is 41.2. The molecule has 0 radical (unpaired) electrons. The van der Waals surface area contributed by atoms with Crippen LogP contribution < -0.4 is 15.5 Å². The first-order chi connectivity index (χ1) is 20.5. The number of anilines is 3. The van der Waals surface area contributed by atoms with E-state index in [2.05, 4.69) is 54.8 Å². The zero-order valence-corrected chi connectivity index (χ0v) is 23.7. The van der Waals surface area contributed by atoms with E-state index in [1.54, 1.807) is 36.4 Å². The Kier molecular flexibility index (Phi) is 7.93. The van der Waals surface area contributed by atoms with E-state index in [-0.39, 0.29) is 18.0 Å². The SMILES string of the molecule is CCC1COCCN1c1nc(-c2ccc(NC(=O)Nc3ccc(C(=O)N4CCN(C)CC4)cc3)cc2)nc2[nH]nnc12. The van der Waals surface area contributed by atoms with Gasteiger partial charge in [0.15, 0.2) is 22.8 Å². The van der Waals surface area contributed by atoms with E-state index < -0.39 is 0 Å². The number of amides is 3. The minimum absolute atomic E-state index is 0.00774. The highest BCUT2D eigenvalue weighted by molar-refractivity contribution is 6.00. The van der Waals surface area contributed by atoms with Gasteiger partial charge in [0, 0.05) is 55.2 Å². The van der Waals surface area contributed by atoms with E-state index in [4.69, 9.17) is 9.72 Å². The topological polar surface area (TPSA) is 144 Å². The quantitative estimate of drug-likeness (QED) is 0.319. The number of aromatic nitrogens is 5. The Bertz CT molecular complexity index is 1550. The zero-order valence-electron chi connectivity index (χ0n) is 23.7. The second-order valence-corrected chi connectivity index (χ2v) is 10.5. The normalized spacial score (nSPS) is 17.8. The molecule has 2 aromatic heterocycles. The summed E-state index contributed by atoms with van der Waals surface area (Å²) < 4.78 is 5.67. The number of morpholine rings is 1. The van der Waals surface area contributed by atoms with E-state index in [0.29, 0.717) is 66.8 Å². The molecule has 2 saturated heterocycles. The third kappa shape index (κ3) is 5.87. The number of likely N-dealkylation sites (N-methyl/N-ethyl adjacent to an activating group) is 1. The van der Waals surface area contributed by atoms with Crippen LogP contribution in [-0.2, 0) is 4.74 Å². The average molecular weight is 571 g/mol. The Morgan fingerprint density at radius 3 is 2.33 bits per heavy atom. The first-order valence-electron chi connectivity index (χ1n) is 14.2. The highest BCUT2D eigenvalue weighted by Gasteiger charge is 2.27. The van der Waals surface area contributed by atoms with E-state index >= 15 is 0 Å². The van der Waals surface area contributed by atoms with Crippen LogP contribution in [0.1, 0.15) is 23.7 Å². The minimum Gasteiger partial charge on any atom is -0.377 e. The van der Waals surface area contributed by atoms with Gasteiger partial charge in [-0.25, -0.2) is 19.9 Å². The van der Waals surface area contributed by atoms with Crippen molar-refractivity contribution < 1.29 is 14.3 Å². The number of rotatable bonds is 6. The summed E-state index contributed by atoms with van der Waals surface area (Å²) >= 11 is 0. The van der Waals surface area contributed by atoms with Gasteiger partial charge in [0.1, 0.15) is 0 Å². The van der Waals surface area contributed by atoms with Gasteiger partial charge < -0.3 is 30.1 Å². The van der Waals surface area contributed by atoms with Crippen LogP contribution in [0.2, 0.25) is 0 Å². The third-order valence-corrected chi connectivity index (χ3v) is 7.72. The fourth-order valence-electron chi connectivity index (χ4n) is 5.22. The van der Waals surface area contributed by atoms with Crippen molar-refractivity contribution in [3.8, 4) is 11.4 Å². The van der Waals surface area contributed by atoms with Gasteiger partial charge in [0.2, 0.25) is 0 Å². The van der Waals surface area contributed by atoms with Gasteiger partial charge in [-0.3, -0.25) is 4.79 Å². The zero-order chi connectivity index (χ0) is 29.1. The van der Waals surface area contributed by atoms with Crippen molar-refractivity contribution in [2.45, 2.75) is 19.4 Å². The number of fused-ring (bicyclic) bond motifs is 1. The molecule has 2 fully saturated rings. The smallest absolute Gasteiger partial charge is 0.323 e. The number of nitrogens with one attached hydrogen (secondary N) is 3. The summed E-state index contributed by atoms with van der Waals surface area (Å²) in [7, 11) is 2.05. The number of hydrogen-bond acceptors (Lipinski definition) is 9. The number of piperazine rings is 1. The molecule has 4 heterocycles. The lowest BCUT2D eigenvalue weighted by atomic mass is 10.1. The predicted octanol–water partition coefficient (Wildman–Crippen LogP) is 3.06. The Balaban J connectivity index is 1.11. The van der Waals surface area contributed by atoms with Crippen molar-refractivity contribution in [2.24, 2.45) is 0 Å². The molecular weight excluding hydrogens is 536 g/mol. The van der Waals surface area contributed by atoms with Gasteiger partial charge in [0.25, 0.3) is 5.91 Å². The first kappa shape index (κ1) is 27.5. The van der Waals surface area contributed by atoms with Crippen molar-refractivity contribution in [3.05, 3.63) is 54.1 Å². The predicted molar refractivity (Wildman–Crippen MR) is 160 cm³/mol. The minimum atomic E-state index is -0.387. The summed E-state index contributed by atoms with van der Waals surface area (Å²) in [5.74, 6) is 1.28. The van der Waals surface area contributed by atoms with Gasteiger partial charge in [0.05, 0.1) is 19.3 Å². The standard InChI is InChI=1S/C29H34N10O3/c1-3-23-18-42-17-16-39(23)27-24-26(35-36-34-24)32-25(33-27)19-4-8-21(9-5-19)30-29(41)31-22-10-6-20(7-11-22)28(40)38-14-12-37(2)13-15-38/h4-11,23H,3,12-18H2,1-2H3,(H2,30,31,41)(H,32,33,34,35,36). The van der Waals surface area contributed by atoms with Crippen molar-refractivity contribution in [1.82, 2.24) is 35.2 Å². The van der Waals surface area contributed by atoms with Gasteiger partial charge in [-0.1, -0.05) is 12.1 Å². The molecule has 0 bridgehead atoms. The Morgan fingerprint density at radius 2 is 1.64 bits per heavy atom. The first-order valence-corrected chi connectivity index (χ1v) is 14.2. The average Bonchev–Trinajstić information content (AvgIpc) is 3.50. The fourth-order valence-corrected chi connectivity index (χ4v) is 5.22. The summed E-state index contributed by atoms with van der Waals surface area (Å²) in [6.07, 6.45) is 0.917. The largest absolute Gasteiger partial charge is 0.377 e. The number of aromatic amines is 1. The van der Waals surface area contributed by atoms with Gasteiger partial charge in [-0.05, 0) is 62.0 Å². The van der Waals surface area contributed by atoms with Crippen LogP contribution in [0.15, 0.2) is 48.5 Å². The van der Waals surface area contributed by atoms with E-state index in [1.165, 1.54) is 0 Å². The number of hydrogen-bond donors (Lipinski definition) is 3. The summed E-state index contributed by atoms with van der Waals surface area (Å²) in [6.45, 7) is 7.26. The maximum Gasteiger partial charge on any atom is 0.323 e. The maximum atomic E-state index is 12.8. The molecule has 2 aliphatic heterocycles. The van der Waals surface area contributed by atoms with Crippen LogP contribution in [0.4, 0.5) is 22.0 Å². The Labute approximate surface area is 243 Å². The van der Waals surface area contributed by atoms with Crippen LogP contribution in [-0.4, -0.2) is 106 Å². The fraction of sp³-hybridized carbons (Fsp3) is 0.379. The molecule has 2 aromatic carbocycles. The van der Waals surface area contributed by atoms with Gasteiger partial charge in [-0.2, -0.15) is 0 Å². The van der Waals surface area contributed by atoms with Crippen LogP contribution in [0.5, 0.6) is 0 Å². The monoisotopic (exact) mass is 570 g/mol. The van der Waals surface area contributed by atoms with Crippen LogP contribution in [0.25, 0.3) is 22.6 Å². The van der Waals surface area contributed by atoms with Crippen LogP contribution >= 0.6 is 0 Å². The van der Waals surface area contributed by atoms with E-state index in [9.17, 15) is 9.59 Å². The maximum absolute atomic E-state index is 12.8. The molecule has 13 heteroatoms. The van der Waals surface area contributed by atoms with Crippen LogP contribution in [0, 0.1) is 0 Å². The molecule has 0 saturated carbocycles. The third-order valence-electron chi connectivity index (χ3n) is 7.72. The molecule has 218 valence electrons. The number of nitrogens with zero attached hydrogens (tertiary/aromatic N) is 7. The molecule has 42 heavy (non-hydrogen) atoms. The van der Waals surface area contributed by atoms with Crippen molar-refractivity contribution in [2.75, 3.05) is 68.5 Å². The summed E-state index contributed by atoms with van der Waals surface area (Å²) in [5, 5.41) is 16.7. The molecule has 3 amide bonds. The molecule has 3 N–H and O–H groups in total. The number of carbonyl (C=O) groups excluding carboxylic acids is 2. The molecule has 1 atom stereocenters. The lowest BCUT2D eigenvalue weighted by Crippen LogP contribution is -2.47. The van der Waals surface area contributed by atoms with Crippen LogP contribution in [0.3, 0.4) is 0 Å². The van der Waals surface area contributed by atoms with Crippen molar-refractivity contribution in [1.29, 1.82) is 0 Å². The van der Waals surface area contributed by atoms with Gasteiger partial charge >= 0.3 is 6.03 Å². The Hall–Kier alpha value is -4.62. The highest BCUT2D eigenvalue weighted by Crippen LogP contribution is 2.29.